The highest BCUT2D eigenvalue weighted by Gasteiger charge is 2.27. The van der Waals surface area contributed by atoms with E-state index in [1.54, 1.807) is 18.6 Å². The SMILES string of the molecule is O=C(NC(CCc1ccccc1)c1ccccc1)C1CCN(c2cnccn2)CC1. The van der Waals surface area contributed by atoms with E-state index in [2.05, 4.69) is 56.6 Å². The third-order valence-electron chi connectivity index (χ3n) is 5.82. The number of carbonyl (C=O) groups is 1. The minimum Gasteiger partial charge on any atom is -0.355 e. The van der Waals surface area contributed by atoms with Crippen LogP contribution in [0, 0.1) is 5.92 Å². The number of anilines is 1. The van der Waals surface area contributed by atoms with Gasteiger partial charge in [0.05, 0.1) is 12.2 Å². The number of aromatic nitrogens is 2. The van der Waals surface area contributed by atoms with Gasteiger partial charge in [-0.25, -0.2) is 4.98 Å². The standard InChI is InChI=1S/C25H28N4O/c30-25(22-13-17-29(18-14-22)24-19-26-15-16-27-24)28-23(21-9-5-2-6-10-21)12-11-20-7-3-1-4-8-20/h1-10,15-16,19,22-23H,11-14,17-18H2,(H,28,30). The summed E-state index contributed by atoms with van der Waals surface area (Å²) >= 11 is 0. The molecule has 1 fully saturated rings. The first-order valence-electron chi connectivity index (χ1n) is 10.7. The number of aryl methyl sites for hydroxylation is 1. The first-order chi connectivity index (χ1) is 14.8. The van der Waals surface area contributed by atoms with Gasteiger partial charge in [0.15, 0.2) is 0 Å². The Balaban J connectivity index is 1.37. The Bertz CT molecular complexity index is 910. The molecule has 30 heavy (non-hydrogen) atoms. The van der Waals surface area contributed by atoms with Gasteiger partial charge in [0.1, 0.15) is 5.82 Å². The summed E-state index contributed by atoms with van der Waals surface area (Å²) in [7, 11) is 0. The molecule has 5 heteroatoms. The normalized spacial score (nSPS) is 15.5. The second-order valence-electron chi connectivity index (χ2n) is 7.82. The van der Waals surface area contributed by atoms with Crippen molar-refractivity contribution >= 4 is 11.7 Å². The molecule has 1 aromatic heterocycles. The van der Waals surface area contributed by atoms with E-state index in [1.165, 1.54) is 11.1 Å². The Morgan fingerprint density at radius 1 is 1.00 bits per heavy atom. The van der Waals surface area contributed by atoms with Crippen molar-refractivity contribution in [1.29, 1.82) is 0 Å². The molecule has 0 spiro atoms. The summed E-state index contributed by atoms with van der Waals surface area (Å²) in [6.45, 7) is 1.66. The number of nitrogens with zero attached hydrogens (tertiary/aromatic N) is 3. The molecule has 2 heterocycles. The molecule has 0 radical (unpaired) electrons. The average Bonchev–Trinajstić information content (AvgIpc) is 2.83. The van der Waals surface area contributed by atoms with Gasteiger partial charge < -0.3 is 10.2 Å². The van der Waals surface area contributed by atoms with Crippen LogP contribution in [0.25, 0.3) is 0 Å². The van der Waals surface area contributed by atoms with Crippen LogP contribution in [-0.2, 0) is 11.2 Å². The smallest absolute Gasteiger partial charge is 0.223 e. The zero-order valence-corrected chi connectivity index (χ0v) is 17.2. The molecule has 2 aromatic carbocycles. The van der Waals surface area contributed by atoms with Crippen molar-refractivity contribution in [2.45, 2.75) is 31.7 Å². The van der Waals surface area contributed by atoms with Gasteiger partial charge in [-0.1, -0.05) is 60.7 Å². The fourth-order valence-corrected chi connectivity index (χ4v) is 4.08. The van der Waals surface area contributed by atoms with Crippen molar-refractivity contribution in [3.63, 3.8) is 0 Å². The highest BCUT2D eigenvalue weighted by molar-refractivity contribution is 5.79. The number of piperidine rings is 1. The van der Waals surface area contributed by atoms with E-state index in [4.69, 9.17) is 0 Å². The van der Waals surface area contributed by atoms with E-state index < -0.39 is 0 Å². The molecule has 1 amide bonds. The monoisotopic (exact) mass is 400 g/mol. The minimum absolute atomic E-state index is 0.0249. The lowest BCUT2D eigenvalue weighted by atomic mass is 9.93. The molecule has 0 saturated carbocycles. The number of hydrogen-bond acceptors (Lipinski definition) is 4. The van der Waals surface area contributed by atoms with Crippen molar-refractivity contribution in [2.24, 2.45) is 5.92 Å². The largest absolute Gasteiger partial charge is 0.355 e. The van der Waals surface area contributed by atoms with Gasteiger partial charge in [0, 0.05) is 31.4 Å². The van der Waals surface area contributed by atoms with Gasteiger partial charge >= 0.3 is 0 Å². The van der Waals surface area contributed by atoms with Crippen LogP contribution in [0.5, 0.6) is 0 Å². The third-order valence-corrected chi connectivity index (χ3v) is 5.82. The predicted molar refractivity (Wildman–Crippen MR) is 119 cm³/mol. The fourth-order valence-electron chi connectivity index (χ4n) is 4.08. The van der Waals surface area contributed by atoms with E-state index in [-0.39, 0.29) is 17.9 Å². The van der Waals surface area contributed by atoms with Crippen LogP contribution >= 0.6 is 0 Å². The maximum absolute atomic E-state index is 13.1. The molecule has 1 unspecified atom stereocenters. The van der Waals surface area contributed by atoms with E-state index >= 15 is 0 Å². The number of benzene rings is 2. The van der Waals surface area contributed by atoms with E-state index in [0.717, 1.165) is 44.6 Å². The minimum atomic E-state index is 0.0249. The van der Waals surface area contributed by atoms with Gasteiger partial charge in [0.25, 0.3) is 0 Å². The van der Waals surface area contributed by atoms with Crippen LogP contribution in [-0.4, -0.2) is 29.0 Å². The number of amides is 1. The van der Waals surface area contributed by atoms with E-state index in [0.29, 0.717) is 0 Å². The lowest BCUT2D eigenvalue weighted by molar-refractivity contribution is -0.126. The van der Waals surface area contributed by atoms with Crippen LogP contribution in [0.15, 0.2) is 79.3 Å². The van der Waals surface area contributed by atoms with Crippen molar-refractivity contribution in [3.8, 4) is 0 Å². The van der Waals surface area contributed by atoms with Gasteiger partial charge in [-0.15, -0.1) is 0 Å². The van der Waals surface area contributed by atoms with E-state index in [1.807, 2.05) is 24.3 Å². The zero-order chi connectivity index (χ0) is 20.6. The highest BCUT2D eigenvalue weighted by atomic mass is 16.1. The first kappa shape index (κ1) is 20.1. The van der Waals surface area contributed by atoms with Gasteiger partial charge in [-0.3, -0.25) is 9.78 Å². The molecule has 4 rings (SSSR count). The highest BCUT2D eigenvalue weighted by Crippen LogP contribution is 2.24. The van der Waals surface area contributed by atoms with E-state index in [9.17, 15) is 4.79 Å². The van der Waals surface area contributed by atoms with Crippen molar-refractivity contribution in [3.05, 3.63) is 90.4 Å². The molecule has 1 aliphatic heterocycles. The van der Waals surface area contributed by atoms with Crippen LogP contribution in [0.3, 0.4) is 0 Å². The van der Waals surface area contributed by atoms with Crippen LogP contribution in [0.4, 0.5) is 5.82 Å². The second kappa shape index (κ2) is 10.0. The Labute approximate surface area is 178 Å². The summed E-state index contributed by atoms with van der Waals surface area (Å²) in [6.07, 6.45) is 8.68. The van der Waals surface area contributed by atoms with Gasteiger partial charge in [0.2, 0.25) is 5.91 Å². The van der Waals surface area contributed by atoms with Gasteiger partial charge in [-0.2, -0.15) is 0 Å². The van der Waals surface area contributed by atoms with Gasteiger partial charge in [-0.05, 0) is 36.8 Å². The molecular formula is C25H28N4O. The third kappa shape index (κ3) is 5.23. The average molecular weight is 401 g/mol. The summed E-state index contributed by atoms with van der Waals surface area (Å²) in [5.74, 6) is 1.10. The summed E-state index contributed by atoms with van der Waals surface area (Å²) in [5.41, 5.74) is 2.46. The molecule has 0 aliphatic carbocycles. The summed E-state index contributed by atoms with van der Waals surface area (Å²) in [5, 5.41) is 3.34. The van der Waals surface area contributed by atoms with Crippen LogP contribution in [0.2, 0.25) is 0 Å². The lowest BCUT2D eigenvalue weighted by Crippen LogP contribution is -2.42. The molecular weight excluding hydrogens is 372 g/mol. The quantitative estimate of drug-likeness (QED) is 0.646. The molecule has 5 nitrogen and oxygen atoms in total. The van der Waals surface area contributed by atoms with Crippen molar-refractivity contribution in [2.75, 3.05) is 18.0 Å². The summed E-state index contributed by atoms with van der Waals surface area (Å²) in [4.78, 5) is 23.8. The number of rotatable bonds is 7. The Hall–Kier alpha value is -3.21. The number of carbonyl (C=O) groups excluding carboxylic acids is 1. The Kier molecular flexibility index (Phi) is 6.70. The summed E-state index contributed by atoms with van der Waals surface area (Å²) < 4.78 is 0. The topological polar surface area (TPSA) is 58.1 Å². The molecule has 1 N–H and O–H groups in total. The molecule has 1 saturated heterocycles. The molecule has 1 aliphatic rings. The lowest BCUT2D eigenvalue weighted by Gasteiger charge is -2.32. The van der Waals surface area contributed by atoms with Crippen LogP contribution < -0.4 is 10.2 Å². The molecule has 1 atom stereocenters. The second-order valence-corrected chi connectivity index (χ2v) is 7.82. The van der Waals surface area contributed by atoms with Crippen molar-refractivity contribution in [1.82, 2.24) is 15.3 Å². The van der Waals surface area contributed by atoms with Crippen molar-refractivity contribution < 1.29 is 4.79 Å². The maximum Gasteiger partial charge on any atom is 0.223 e. The Morgan fingerprint density at radius 2 is 1.70 bits per heavy atom. The first-order valence-corrected chi connectivity index (χ1v) is 10.7. The summed E-state index contributed by atoms with van der Waals surface area (Å²) in [6, 6.07) is 20.8. The predicted octanol–water partition coefficient (Wildman–Crippen LogP) is 4.18. The molecule has 154 valence electrons. The molecule has 0 bridgehead atoms. The number of hydrogen-bond donors (Lipinski definition) is 1. The maximum atomic E-state index is 13.1. The van der Waals surface area contributed by atoms with Crippen LogP contribution in [0.1, 0.15) is 36.4 Å². The zero-order valence-electron chi connectivity index (χ0n) is 17.2. The number of nitrogens with one attached hydrogen (secondary N) is 1. The Morgan fingerprint density at radius 3 is 2.37 bits per heavy atom. The molecule has 3 aromatic rings. The fraction of sp³-hybridized carbons (Fsp3) is 0.320.